The smallest absolute Gasteiger partial charge is 0.203 e. The van der Waals surface area contributed by atoms with E-state index in [1.165, 1.54) is 11.3 Å². The van der Waals surface area contributed by atoms with Crippen molar-refractivity contribution in [3.8, 4) is 39.1 Å². The van der Waals surface area contributed by atoms with Gasteiger partial charge in [-0.2, -0.15) is 0 Å². The number of hydrogen-bond acceptors (Lipinski definition) is 6. The molecule has 0 unspecified atom stereocenters. The lowest BCUT2D eigenvalue weighted by Crippen LogP contribution is -1.99. The first-order valence-electron chi connectivity index (χ1n) is 7.29. The highest BCUT2D eigenvalue weighted by Gasteiger charge is 2.25. The maximum absolute atomic E-state index is 11.9. The van der Waals surface area contributed by atoms with E-state index < -0.39 is 0 Å². The molecule has 0 radical (unpaired) electrons. The van der Waals surface area contributed by atoms with Crippen LogP contribution in [0.15, 0.2) is 41.8 Å². The Hall–Kier alpha value is -2.86. The molecule has 0 spiro atoms. The minimum Gasteiger partial charge on any atom is -0.508 e. The Balaban J connectivity index is 1.78. The van der Waals surface area contributed by atoms with Gasteiger partial charge in [0, 0.05) is 22.6 Å². The van der Waals surface area contributed by atoms with Crippen molar-refractivity contribution in [1.29, 1.82) is 0 Å². The van der Waals surface area contributed by atoms with E-state index in [-0.39, 0.29) is 18.1 Å². The van der Waals surface area contributed by atoms with Gasteiger partial charge in [-0.05, 0) is 30.3 Å². The van der Waals surface area contributed by atoms with Crippen LogP contribution in [0, 0.1) is 0 Å². The second-order valence-electron chi connectivity index (χ2n) is 5.35. The molecule has 1 aromatic heterocycles. The zero-order chi connectivity index (χ0) is 16.7. The third kappa shape index (κ3) is 2.41. The number of phenols is 1. The van der Waals surface area contributed by atoms with E-state index in [0.717, 1.165) is 21.8 Å². The minimum atomic E-state index is -0.0390. The highest BCUT2D eigenvalue weighted by atomic mass is 32.1. The van der Waals surface area contributed by atoms with Crippen LogP contribution in [-0.4, -0.2) is 29.6 Å². The summed E-state index contributed by atoms with van der Waals surface area (Å²) in [5, 5.41) is 12.1. The number of carbonyl (C=O) groups excluding carboxylic acids is 1. The Morgan fingerprint density at radius 3 is 2.75 bits per heavy atom. The van der Waals surface area contributed by atoms with Crippen molar-refractivity contribution in [2.75, 3.05) is 13.7 Å². The maximum atomic E-state index is 11.9. The van der Waals surface area contributed by atoms with Crippen LogP contribution in [0.3, 0.4) is 0 Å². The second-order valence-corrected chi connectivity index (χ2v) is 6.20. The van der Waals surface area contributed by atoms with E-state index in [1.807, 2.05) is 17.5 Å². The van der Waals surface area contributed by atoms with Crippen LogP contribution >= 0.6 is 11.3 Å². The summed E-state index contributed by atoms with van der Waals surface area (Å²) in [4.78, 5) is 16.5. The lowest BCUT2D eigenvalue weighted by molar-refractivity contribution is 0.0961. The molecule has 2 aromatic carbocycles. The Labute approximate surface area is 142 Å². The third-order valence-corrected chi connectivity index (χ3v) is 4.75. The van der Waals surface area contributed by atoms with Crippen LogP contribution in [0.5, 0.6) is 17.2 Å². The van der Waals surface area contributed by atoms with Crippen molar-refractivity contribution >= 4 is 17.1 Å². The monoisotopic (exact) mass is 339 g/mol. The molecule has 0 bridgehead atoms. The van der Waals surface area contributed by atoms with Crippen LogP contribution < -0.4 is 9.47 Å². The zero-order valence-corrected chi connectivity index (χ0v) is 13.6. The number of ether oxygens (including phenoxy) is 2. The number of nitrogens with zero attached hydrogens (tertiary/aromatic N) is 1. The standard InChI is InChI=1S/C18H13NO4S/c1-22-16-7-17-13(15(21)8-23-17)6-12(16)14-9-24-18(19-14)10-2-4-11(20)5-3-10/h2-7,9,20H,8H2,1H3. The molecule has 0 saturated carbocycles. The number of benzene rings is 2. The van der Waals surface area contributed by atoms with Crippen LogP contribution in [0.1, 0.15) is 10.4 Å². The topological polar surface area (TPSA) is 68.7 Å². The summed E-state index contributed by atoms with van der Waals surface area (Å²) in [5.41, 5.74) is 2.98. The molecule has 1 aliphatic heterocycles. The predicted octanol–water partition coefficient (Wildman–Crippen LogP) is 3.77. The quantitative estimate of drug-likeness (QED) is 0.787. The fraction of sp³-hybridized carbons (Fsp3) is 0.111. The summed E-state index contributed by atoms with van der Waals surface area (Å²) >= 11 is 1.49. The molecule has 1 N–H and O–H groups in total. The van der Waals surface area contributed by atoms with Gasteiger partial charge in [0.2, 0.25) is 5.78 Å². The predicted molar refractivity (Wildman–Crippen MR) is 91.0 cm³/mol. The van der Waals surface area contributed by atoms with Gasteiger partial charge in [-0.25, -0.2) is 4.98 Å². The number of methoxy groups -OCH3 is 1. The van der Waals surface area contributed by atoms with Gasteiger partial charge in [-0.3, -0.25) is 4.79 Å². The van der Waals surface area contributed by atoms with E-state index in [4.69, 9.17) is 9.47 Å². The number of rotatable bonds is 3. The van der Waals surface area contributed by atoms with E-state index >= 15 is 0 Å². The van der Waals surface area contributed by atoms with Gasteiger partial charge in [-0.1, -0.05) is 0 Å². The molecule has 2 heterocycles. The minimum absolute atomic E-state index is 0.0390. The summed E-state index contributed by atoms with van der Waals surface area (Å²) in [6.07, 6.45) is 0. The van der Waals surface area contributed by atoms with Gasteiger partial charge in [0.15, 0.2) is 6.61 Å². The van der Waals surface area contributed by atoms with E-state index in [9.17, 15) is 9.90 Å². The average Bonchev–Trinajstić information content (AvgIpc) is 3.22. The molecule has 0 amide bonds. The second kappa shape index (κ2) is 5.65. The normalized spacial score (nSPS) is 12.8. The first-order valence-corrected chi connectivity index (χ1v) is 8.17. The first-order chi connectivity index (χ1) is 11.7. The number of Topliss-reactive ketones (excluding diaryl/α,β-unsaturated/α-hetero) is 1. The average molecular weight is 339 g/mol. The van der Waals surface area contributed by atoms with Gasteiger partial charge in [0.1, 0.15) is 22.3 Å². The lowest BCUT2D eigenvalue weighted by Gasteiger charge is -2.08. The van der Waals surface area contributed by atoms with Crippen LogP contribution in [0.2, 0.25) is 0 Å². The number of hydrogen-bond donors (Lipinski definition) is 1. The summed E-state index contributed by atoms with van der Waals surface area (Å²) < 4.78 is 10.8. The number of aromatic hydroxyl groups is 1. The summed E-state index contributed by atoms with van der Waals surface area (Å²) in [5.74, 6) is 1.35. The van der Waals surface area contributed by atoms with Crippen molar-refractivity contribution in [2.24, 2.45) is 0 Å². The van der Waals surface area contributed by atoms with Gasteiger partial charge in [0.25, 0.3) is 0 Å². The Morgan fingerprint density at radius 1 is 1.21 bits per heavy atom. The molecule has 0 fully saturated rings. The maximum Gasteiger partial charge on any atom is 0.203 e. The SMILES string of the molecule is COc1cc2c(cc1-c1csc(-c3ccc(O)cc3)n1)C(=O)CO2. The largest absolute Gasteiger partial charge is 0.508 e. The number of thiazole rings is 1. The summed E-state index contributed by atoms with van der Waals surface area (Å²) in [7, 11) is 1.58. The zero-order valence-electron chi connectivity index (χ0n) is 12.8. The first kappa shape index (κ1) is 14.7. The molecule has 1 aliphatic rings. The van der Waals surface area contributed by atoms with E-state index in [1.54, 1.807) is 31.4 Å². The van der Waals surface area contributed by atoms with Crippen LogP contribution in [0.25, 0.3) is 21.8 Å². The van der Waals surface area contributed by atoms with Crippen molar-refractivity contribution in [2.45, 2.75) is 0 Å². The Kier molecular flexibility index (Phi) is 3.46. The molecule has 5 nitrogen and oxygen atoms in total. The van der Waals surface area contributed by atoms with Gasteiger partial charge in [0.05, 0.1) is 18.4 Å². The Morgan fingerprint density at radius 2 is 2.00 bits per heavy atom. The highest BCUT2D eigenvalue weighted by Crippen LogP contribution is 2.39. The van der Waals surface area contributed by atoms with Crippen molar-refractivity contribution in [1.82, 2.24) is 4.98 Å². The van der Waals surface area contributed by atoms with Crippen molar-refractivity contribution in [3.05, 3.63) is 47.3 Å². The molecule has 4 rings (SSSR count). The summed E-state index contributed by atoms with van der Waals surface area (Å²) in [6, 6.07) is 10.4. The number of fused-ring (bicyclic) bond motifs is 1. The van der Waals surface area contributed by atoms with Gasteiger partial charge < -0.3 is 14.6 Å². The van der Waals surface area contributed by atoms with E-state index in [2.05, 4.69) is 4.98 Å². The number of phenolic OH excluding ortho intramolecular Hbond substituents is 1. The molecule has 3 aromatic rings. The molecule has 24 heavy (non-hydrogen) atoms. The number of carbonyl (C=O) groups is 1. The van der Waals surface area contributed by atoms with Crippen molar-refractivity contribution < 1.29 is 19.4 Å². The molecule has 120 valence electrons. The number of ketones is 1. The number of aromatic nitrogens is 1. The molecular formula is C18H13NO4S. The van der Waals surface area contributed by atoms with E-state index in [0.29, 0.717) is 17.1 Å². The fourth-order valence-corrected chi connectivity index (χ4v) is 3.45. The van der Waals surface area contributed by atoms with Crippen LogP contribution in [-0.2, 0) is 0 Å². The van der Waals surface area contributed by atoms with Gasteiger partial charge >= 0.3 is 0 Å². The Bertz CT molecular complexity index is 931. The third-order valence-electron chi connectivity index (χ3n) is 3.86. The molecular weight excluding hydrogens is 326 g/mol. The fourth-order valence-electron chi connectivity index (χ4n) is 2.62. The highest BCUT2D eigenvalue weighted by molar-refractivity contribution is 7.13. The molecule has 0 atom stereocenters. The van der Waals surface area contributed by atoms with Gasteiger partial charge in [-0.15, -0.1) is 11.3 Å². The molecule has 0 aliphatic carbocycles. The lowest BCUT2D eigenvalue weighted by atomic mass is 10.0. The van der Waals surface area contributed by atoms with Crippen LogP contribution in [0.4, 0.5) is 0 Å². The summed E-state index contributed by atoms with van der Waals surface area (Å²) in [6.45, 7) is 0.0672. The molecule has 0 saturated heterocycles. The molecule has 6 heteroatoms. The van der Waals surface area contributed by atoms with Crippen molar-refractivity contribution in [3.63, 3.8) is 0 Å².